The van der Waals surface area contributed by atoms with Crippen molar-refractivity contribution in [2.24, 2.45) is 10.5 Å². The lowest BCUT2D eigenvalue weighted by atomic mass is 9.72. The van der Waals surface area contributed by atoms with Gasteiger partial charge in [0.05, 0.1) is 16.2 Å². The fourth-order valence-electron chi connectivity index (χ4n) is 4.01. The molecule has 3 rings (SSSR count). The van der Waals surface area contributed by atoms with Gasteiger partial charge in [0, 0.05) is 17.7 Å². The van der Waals surface area contributed by atoms with Crippen LogP contribution in [0.5, 0.6) is 17.2 Å². The molecule has 0 atom stereocenters. The Balaban J connectivity index is 1.64. The molecule has 0 aliphatic carbocycles. The molecule has 9 nitrogen and oxygen atoms in total. The van der Waals surface area contributed by atoms with Crippen molar-refractivity contribution in [3.8, 4) is 17.2 Å². The molecule has 182 valence electrons. The van der Waals surface area contributed by atoms with Gasteiger partial charge < -0.3 is 14.2 Å². The molecule has 0 bridgehead atoms. The normalized spacial score (nSPS) is 13.2. The Labute approximate surface area is 203 Å². The van der Waals surface area contributed by atoms with Gasteiger partial charge in [-0.1, -0.05) is 52.3 Å². The number of amides is 1. The molecule has 10 heteroatoms. The van der Waals surface area contributed by atoms with Crippen molar-refractivity contribution in [2.75, 3.05) is 13.4 Å². The van der Waals surface area contributed by atoms with E-state index in [0.717, 1.165) is 12.0 Å². The molecule has 1 heterocycles. The number of carbonyl (C=O) groups excluding carboxylic acids is 1. The van der Waals surface area contributed by atoms with Crippen molar-refractivity contribution < 1.29 is 23.9 Å². The van der Waals surface area contributed by atoms with Crippen molar-refractivity contribution in [3.05, 3.63) is 56.6 Å². The molecule has 2 aromatic carbocycles. The van der Waals surface area contributed by atoms with E-state index >= 15 is 0 Å². The maximum absolute atomic E-state index is 12.1. The van der Waals surface area contributed by atoms with Crippen molar-refractivity contribution >= 4 is 29.4 Å². The van der Waals surface area contributed by atoms with Gasteiger partial charge in [0.2, 0.25) is 6.79 Å². The number of benzene rings is 2. The summed E-state index contributed by atoms with van der Waals surface area (Å²) in [6.45, 7) is 10.2. The third-order valence-electron chi connectivity index (χ3n) is 5.15. The number of ether oxygens (including phenoxy) is 3. The van der Waals surface area contributed by atoms with E-state index in [-0.39, 0.29) is 29.1 Å². The predicted molar refractivity (Wildman–Crippen MR) is 129 cm³/mol. The van der Waals surface area contributed by atoms with Gasteiger partial charge in [-0.2, -0.15) is 5.10 Å². The third-order valence-corrected chi connectivity index (χ3v) is 5.48. The van der Waals surface area contributed by atoms with Gasteiger partial charge in [-0.05, 0) is 34.9 Å². The van der Waals surface area contributed by atoms with Crippen molar-refractivity contribution in [2.45, 2.75) is 46.5 Å². The number of nitro groups is 1. The van der Waals surface area contributed by atoms with Crippen LogP contribution < -0.4 is 19.6 Å². The molecule has 0 saturated carbocycles. The Kier molecular flexibility index (Phi) is 7.35. The van der Waals surface area contributed by atoms with Gasteiger partial charge in [-0.15, -0.1) is 0 Å². The Bertz CT molecular complexity index is 1120. The summed E-state index contributed by atoms with van der Waals surface area (Å²) in [7, 11) is 0. The summed E-state index contributed by atoms with van der Waals surface area (Å²) in [4.78, 5) is 23.3. The molecule has 1 N–H and O–H groups in total. The second-order valence-corrected chi connectivity index (χ2v) is 10.3. The van der Waals surface area contributed by atoms with Gasteiger partial charge in [-0.3, -0.25) is 14.9 Å². The molecule has 0 saturated heterocycles. The van der Waals surface area contributed by atoms with E-state index in [4.69, 9.17) is 25.8 Å². The highest BCUT2D eigenvalue weighted by atomic mass is 35.5. The minimum absolute atomic E-state index is 0.0123. The Morgan fingerprint density at radius 1 is 1.21 bits per heavy atom. The summed E-state index contributed by atoms with van der Waals surface area (Å²) in [5.41, 5.74) is 3.25. The standard InChI is InChI=1S/C24H28ClN3O6/c1-23(2,3)13-24(4,5)16-6-7-19(18(9-16)28(30)31)32-12-22(29)27-26-11-15-8-20-21(10-17(15)25)34-14-33-20/h6-11H,12-14H2,1-5H3,(H,27,29)/b26-11-. The van der Waals surface area contributed by atoms with Crippen LogP contribution >= 0.6 is 11.6 Å². The topological polar surface area (TPSA) is 112 Å². The molecule has 0 unspecified atom stereocenters. The van der Waals surface area contributed by atoms with Crippen LogP contribution in [0.1, 0.15) is 52.2 Å². The predicted octanol–water partition coefficient (Wildman–Crippen LogP) is 5.22. The lowest BCUT2D eigenvalue weighted by Crippen LogP contribution is -2.26. The quantitative estimate of drug-likeness (QED) is 0.309. The van der Waals surface area contributed by atoms with Crippen LogP contribution in [0.3, 0.4) is 0 Å². The molecular formula is C24H28ClN3O6. The van der Waals surface area contributed by atoms with Crippen molar-refractivity contribution in [1.29, 1.82) is 0 Å². The van der Waals surface area contributed by atoms with Crippen LogP contribution in [-0.4, -0.2) is 30.4 Å². The van der Waals surface area contributed by atoms with Crippen LogP contribution in [-0.2, 0) is 10.2 Å². The van der Waals surface area contributed by atoms with Gasteiger partial charge >= 0.3 is 5.69 Å². The Morgan fingerprint density at radius 3 is 2.53 bits per heavy atom. The van der Waals surface area contributed by atoms with E-state index in [1.807, 2.05) is 0 Å². The van der Waals surface area contributed by atoms with Crippen LogP contribution in [0.2, 0.25) is 5.02 Å². The van der Waals surface area contributed by atoms with Crippen LogP contribution in [0.25, 0.3) is 0 Å². The maximum atomic E-state index is 12.1. The van der Waals surface area contributed by atoms with Crippen LogP contribution in [0.15, 0.2) is 35.4 Å². The highest BCUT2D eigenvalue weighted by Crippen LogP contribution is 2.39. The van der Waals surface area contributed by atoms with E-state index < -0.39 is 17.4 Å². The molecular weight excluding hydrogens is 462 g/mol. The molecule has 1 aliphatic rings. The molecule has 0 spiro atoms. The molecule has 0 fully saturated rings. The fraction of sp³-hybridized carbons (Fsp3) is 0.417. The molecule has 1 aliphatic heterocycles. The molecule has 1 amide bonds. The van der Waals surface area contributed by atoms with Gasteiger partial charge in [0.25, 0.3) is 5.91 Å². The number of rotatable bonds is 8. The zero-order valence-electron chi connectivity index (χ0n) is 19.8. The summed E-state index contributed by atoms with van der Waals surface area (Å²) >= 11 is 6.16. The van der Waals surface area contributed by atoms with Gasteiger partial charge in [0.15, 0.2) is 23.9 Å². The lowest BCUT2D eigenvalue weighted by Gasteiger charge is -2.33. The number of hydrazone groups is 1. The number of halogens is 1. The maximum Gasteiger partial charge on any atom is 0.311 e. The summed E-state index contributed by atoms with van der Waals surface area (Å²) in [6, 6.07) is 8.08. The second-order valence-electron chi connectivity index (χ2n) is 9.87. The average Bonchev–Trinajstić information content (AvgIpc) is 3.17. The van der Waals surface area contributed by atoms with Crippen molar-refractivity contribution in [1.82, 2.24) is 5.43 Å². The summed E-state index contributed by atoms with van der Waals surface area (Å²) in [5, 5.41) is 15.9. The zero-order valence-corrected chi connectivity index (χ0v) is 20.6. The zero-order chi connectivity index (χ0) is 25.1. The van der Waals surface area contributed by atoms with Crippen LogP contribution in [0.4, 0.5) is 5.69 Å². The number of carbonyl (C=O) groups is 1. The Morgan fingerprint density at radius 2 is 1.88 bits per heavy atom. The largest absolute Gasteiger partial charge is 0.477 e. The number of hydrogen-bond acceptors (Lipinski definition) is 7. The van der Waals surface area contributed by atoms with Gasteiger partial charge in [-0.25, -0.2) is 5.43 Å². The smallest absolute Gasteiger partial charge is 0.311 e. The molecule has 0 radical (unpaired) electrons. The average molecular weight is 490 g/mol. The summed E-state index contributed by atoms with van der Waals surface area (Å²) in [6.07, 6.45) is 2.20. The molecule has 0 aromatic heterocycles. The number of nitrogens with zero attached hydrogens (tertiary/aromatic N) is 2. The van der Waals surface area contributed by atoms with E-state index in [1.165, 1.54) is 18.3 Å². The first kappa shape index (κ1) is 25.3. The first-order valence-electron chi connectivity index (χ1n) is 10.7. The highest BCUT2D eigenvalue weighted by molar-refractivity contribution is 6.33. The van der Waals surface area contributed by atoms with E-state index in [1.54, 1.807) is 18.2 Å². The number of nitrogens with one attached hydrogen (secondary N) is 1. The highest BCUT2D eigenvalue weighted by Gasteiger charge is 2.30. The number of fused-ring (bicyclic) bond motifs is 1. The van der Waals surface area contributed by atoms with E-state index in [0.29, 0.717) is 22.1 Å². The summed E-state index contributed by atoms with van der Waals surface area (Å²) < 4.78 is 16.0. The Hall–Kier alpha value is -3.33. The van der Waals surface area contributed by atoms with E-state index in [9.17, 15) is 14.9 Å². The third kappa shape index (κ3) is 6.38. The van der Waals surface area contributed by atoms with E-state index in [2.05, 4.69) is 45.1 Å². The minimum atomic E-state index is -0.584. The molecule has 2 aromatic rings. The molecule has 34 heavy (non-hydrogen) atoms. The number of hydrogen-bond donors (Lipinski definition) is 1. The number of nitro benzene ring substituents is 1. The fourth-order valence-corrected chi connectivity index (χ4v) is 4.21. The SMILES string of the molecule is CC(C)(C)CC(C)(C)c1ccc(OCC(=O)N/N=C\c2cc3c(cc2Cl)OCO3)c([N+](=O)[O-])c1. The van der Waals surface area contributed by atoms with Crippen LogP contribution in [0, 0.1) is 15.5 Å². The minimum Gasteiger partial charge on any atom is -0.477 e. The monoisotopic (exact) mass is 489 g/mol. The second kappa shape index (κ2) is 9.89. The lowest BCUT2D eigenvalue weighted by molar-refractivity contribution is -0.385. The first-order chi connectivity index (χ1) is 15.9. The van der Waals surface area contributed by atoms with Crippen molar-refractivity contribution in [3.63, 3.8) is 0 Å². The van der Waals surface area contributed by atoms with Gasteiger partial charge in [0.1, 0.15) is 0 Å². The first-order valence-corrected chi connectivity index (χ1v) is 11.1. The summed E-state index contributed by atoms with van der Waals surface area (Å²) in [5.74, 6) is 0.494.